The van der Waals surface area contributed by atoms with E-state index < -0.39 is 13.0 Å². The lowest BCUT2D eigenvalue weighted by Gasteiger charge is -2.11. The van der Waals surface area contributed by atoms with E-state index in [0.717, 1.165) is 11.3 Å². The first kappa shape index (κ1) is 13.8. The average molecular weight is 247 g/mol. The van der Waals surface area contributed by atoms with Crippen LogP contribution in [-0.2, 0) is 4.74 Å². The average Bonchev–Trinajstić information content (AvgIpc) is 2.23. The summed E-state index contributed by atoms with van der Waals surface area (Å²) in [4.78, 5) is 0. The Balaban J connectivity index is 2.39. The van der Waals surface area contributed by atoms with Gasteiger partial charge in [-0.25, -0.2) is 0 Å². The molecular weight excluding hydrogens is 231 g/mol. The molecule has 1 N–H and O–H groups in total. The fraction of sp³-hybridized carbons (Fsp3) is 0.500. The highest BCUT2D eigenvalue weighted by Gasteiger charge is 2.28. The fourth-order valence-corrected chi connectivity index (χ4v) is 1.37. The summed E-state index contributed by atoms with van der Waals surface area (Å²) in [6.07, 6.45) is -4.55. The summed E-state index contributed by atoms with van der Waals surface area (Å²) in [5.74, 6) is 0.392. The van der Waals surface area contributed by atoms with Crippen LogP contribution in [0.3, 0.4) is 0 Å². The Hall–Kier alpha value is -1.23. The number of rotatable bonds is 5. The Morgan fingerprint density at radius 3 is 2.59 bits per heavy atom. The van der Waals surface area contributed by atoms with Crippen molar-refractivity contribution in [3.05, 3.63) is 29.8 Å². The van der Waals surface area contributed by atoms with Crippen LogP contribution in [-0.4, -0.2) is 19.5 Å². The Morgan fingerprint density at radius 2 is 2.00 bits per heavy atom. The summed E-state index contributed by atoms with van der Waals surface area (Å²) in [5.41, 5.74) is 1.95. The molecule has 0 radical (unpaired) electrons. The van der Waals surface area contributed by atoms with Gasteiger partial charge in [0.05, 0.1) is 6.61 Å². The maximum atomic E-state index is 11.7. The van der Waals surface area contributed by atoms with Crippen LogP contribution >= 0.6 is 0 Å². The standard InChI is InChI=1S/C12H16F3NO/c1-9(2)10-4-3-5-11(8-10)16-6-7-17-12(13,14)15/h3-5,8-9,16H,6-7H2,1-2H3. The van der Waals surface area contributed by atoms with Gasteiger partial charge >= 0.3 is 6.36 Å². The molecule has 0 aliphatic rings. The van der Waals surface area contributed by atoms with Gasteiger partial charge in [0.25, 0.3) is 0 Å². The molecular formula is C12H16F3NO. The number of hydrogen-bond donors (Lipinski definition) is 1. The van der Waals surface area contributed by atoms with Crippen LogP contribution in [0.5, 0.6) is 0 Å². The van der Waals surface area contributed by atoms with Crippen molar-refractivity contribution in [1.29, 1.82) is 0 Å². The molecule has 0 aliphatic heterocycles. The molecule has 1 aromatic rings. The highest BCUT2D eigenvalue weighted by molar-refractivity contribution is 5.46. The smallest absolute Gasteiger partial charge is 0.383 e. The highest BCUT2D eigenvalue weighted by Crippen LogP contribution is 2.19. The number of benzene rings is 1. The third kappa shape index (κ3) is 5.58. The van der Waals surface area contributed by atoms with Gasteiger partial charge in [-0.05, 0) is 23.6 Å². The predicted molar refractivity (Wildman–Crippen MR) is 61.0 cm³/mol. The van der Waals surface area contributed by atoms with E-state index in [1.807, 2.05) is 24.3 Å². The van der Waals surface area contributed by atoms with Crippen molar-refractivity contribution in [3.8, 4) is 0 Å². The number of hydrogen-bond acceptors (Lipinski definition) is 2. The summed E-state index contributed by atoms with van der Waals surface area (Å²) in [5, 5.41) is 2.89. The van der Waals surface area contributed by atoms with Gasteiger partial charge in [0, 0.05) is 12.2 Å². The van der Waals surface area contributed by atoms with Crippen LogP contribution in [0.4, 0.5) is 18.9 Å². The minimum absolute atomic E-state index is 0.126. The Labute approximate surface area is 98.8 Å². The zero-order chi connectivity index (χ0) is 12.9. The lowest BCUT2D eigenvalue weighted by molar-refractivity contribution is -0.322. The second-order valence-corrected chi connectivity index (χ2v) is 4.00. The van der Waals surface area contributed by atoms with E-state index in [1.165, 1.54) is 0 Å². The maximum absolute atomic E-state index is 11.7. The third-order valence-corrected chi connectivity index (χ3v) is 2.25. The molecule has 0 bridgehead atoms. The zero-order valence-electron chi connectivity index (χ0n) is 9.84. The van der Waals surface area contributed by atoms with E-state index in [9.17, 15) is 13.2 Å². The van der Waals surface area contributed by atoms with Crippen molar-refractivity contribution in [1.82, 2.24) is 0 Å². The van der Waals surface area contributed by atoms with Gasteiger partial charge in [0.2, 0.25) is 0 Å². The Morgan fingerprint density at radius 1 is 1.29 bits per heavy atom. The molecule has 0 fully saturated rings. The minimum Gasteiger partial charge on any atom is -0.383 e. The summed E-state index contributed by atoms with van der Waals surface area (Å²) in [6, 6.07) is 7.61. The quantitative estimate of drug-likeness (QED) is 0.800. The van der Waals surface area contributed by atoms with E-state index in [-0.39, 0.29) is 6.54 Å². The van der Waals surface area contributed by atoms with E-state index in [1.54, 1.807) is 0 Å². The number of anilines is 1. The molecule has 1 aromatic carbocycles. The molecule has 0 atom stereocenters. The molecule has 0 saturated heterocycles. The van der Waals surface area contributed by atoms with Crippen molar-refractivity contribution in [2.45, 2.75) is 26.1 Å². The maximum Gasteiger partial charge on any atom is 0.522 e. The number of alkyl halides is 3. The van der Waals surface area contributed by atoms with Crippen molar-refractivity contribution in [2.24, 2.45) is 0 Å². The van der Waals surface area contributed by atoms with Crippen molar-refractivity contribution < 1.29 is 17.9 Å². The van der Waals surface area contributed by atoms with E-state index in [2.05, 4.69) is 23.9 Å². The van der Waals surface area contributed by atoms with Crippen LogP contribution in [0.15, 0.2) is 24.3 Å². The fourth-order valence-electron chi connectivity index (χ4n) is 1.37. The first-order valence-corrected chi connectivity index (χ1v) is 5.43. The largest absolute Gasteiger partial charge is 0.522 e. The van der Waals surface area contributed by atoms with Gasteiger partial charge in [-0.2, -0.15) is 0 Å². The first-order valence-electron chi connectivity index (χ1n) is 5.43. The molecule has 0 saturated carbocycles. The lowest BCUT2D eigenvalue weighted by atomic mass is 10.0. The normalized spacial score (nSPS) is 11.9. The molecule has 0 aliphatic carbocycles. The van der Waals surface area contributed by atoms with Crippen molar-refractivity contribution in [3.63, 3.8) is 0 Å². The number of halogens is 3. The second-order valence-electron chi connectivity index (χ2n) is 4.00. The third-order valence-electron chi connectivity index (χ3n) is 2.25. The van der Waals surface area contributed by atoms with E-state index in [4.69, 9.17) is 0 Å². The van der Waals surface area contributed by atoms with Gasteiger partial charge in [-0.15, -0.1) is 13.2 Å². The molecule has 17 heavy (non-hydrogen) atoms. The van der Waals surface area contributed by atoms with Crippen LogP contribution < -0.4 is 5.32 Å². The van der Waals surface area contributed by atoms with Gasteiger partial charge in [0.1, 0.15) is 0 Å². The zero-order valence-corrected chi connectivity index (χ0v) is 9.84. The second kappa shape index (κ2) is 5.91. The highest BCUT2D eigenvalue weighted by atomic mass is 19.4. The summed E-state index contributed by atoms with van der Waals surface area (Å²) in [7, 11) is 0. The summed E-state index contributed by atoms with van der Waals surface area (Å²) < 4.78 is 38.8. The number of nitrogens with one attached hydrogen (secondary N) is 1. The molecule has 1 rings (SSSR count). The lowest BCUT2D eigenvalue weighted by Crippen LogP contribution is -2.19. The molecule has 0 heterocycles. The van der Waals surface area contributed by atoms with E-state index in [0.29, 0.717) is 5.92 Å². The van der Waals surface area contributed by atoms with Gasteiger partial charge in [-0.1, -0.05) is 26.0 Å². The summed E-state index contributed by atoms with van der Waals surface area (Å²) in [6.45, 7) is 3.86. The molecule has 5 heteroatoms. The van der Waals surface area contributed by atoms with Crippen LogP contribution in [0, 0.1) is 0 Å². The first-order chi connectivity index (χ1) is 7.88. The van der Waals surface area contributed by atoms with Gasteiger partial charge in [0.15, 0.2) is 0 Å². The molecule has 2 nitrogen and oxygen atoms in total. The molecule has 96 valence electrons. The van der Waals surface area contributed by atoms with Crippen molar-refractivity contribution >= 4 is 5.69 Å². The molecule has 0 spiro atoms. The SMILES string of the molecule is CC(C)c1cccc(NCCOC(F)(F)F)c1. The van der Waals surface area contributed by atoms with Gasteiger partial charge < -0.3 is 5.32 Å². The summed E-state index contributed by atoms with van der Waals surface area (Å²) >= 11 is 0. The molecule has 0 unspecified atom stereocenters. The van der Waals surface area contributed by atoms with Crippen LogP contribution in [0.1, 0.15) is 25.3 Å². The van der Waals surface area contributed by atoms with Crippen molar-refractivity contribution in [2.75, 3.05) is 18.5 Å². The van der Waals surface area contributed by atoms with Crippen LogP contribution in [0.2, 0.25) is 0 Å². The minimum atomic E-state index is -4.55. The Kier molecular flexibility index (Phi) is 4.81. The number of ether oxygens (including phenoxy) is 1. The Bertz CT molecular complexity index is 350. The van der Waals surface area contributed by atoms with E-state index >= 15 is 0 Å². The van der Waals surface area contributed by atoms with Gasteiger partial charge in [-0.3, -0.25) is 4.74 Å². The monoisotopic (exact) mass is 247 g/mol. The van der Waals surface area contributed by atoms with Crippen LogP contribution in [0.25, 0.3) is 0 Å². The predicted octanol–water partition coefficient (Wildman–Crippen LogP) is 3.76. The molecule has 0 aromatic heterocycles. The topological polar surface area (TPSA) is 21.3 Å². The molecule has 0 amide bonds.